The molecule has 1 heterocycles. The van der Waals surface area contributed by atoms with Gasteiger partial charge in [0.1, 0.15) is 18.7 Å². The summed E-state index contributed by atoms with van der Waals surface area (Å²) < 4.78 is 5.04. The van der Waals surface area contributed by atoms with Gasteiger partial charge in [-0.25, -0.2) is 0 Å². The molecule has 1 amide bonds. The fourth-order valence-electron chi connectivity index (χ4n) is 1.66. The second-order valence-corrected chi connectivity index (χ2v) is 5.81. The fourth-order valence-corrected chi connectivity index (χ4v) is 1.66. The first-order valence-corrected chi connectivity index (χ1v) is 5.95. The van der Waals surface area contributed by atoms with E-state index in [0.717, 1.165) is 0 Å². The van der Waals surface area contributed by atoms with E-state index in [9.17, 15) is 9.59 Å². The van der Waals surface area contributed by atoms with Crippen molar-refractivity contribution in [2.45, 2.75) is 52.2 Å². The molecular formula is C12H22N2O3. The van der Waals surface area contributed by atoms with Crippen LogP contribution >= 0.6 is 0 Å². The number of ether oxygens (including phenoxy) is 1. The molecular weight excluding hydrogens is 220 g/mol. The van der Waals surface area contributed by atoms with Gasteiger partial charge in [-0.1, -0.05) is 13.8 Å². The van der Waals surface area contributed by atoms with Crippen LogP contribution in [0, 0.1) is 5.92 Å². The molecule has 0 aromatic rings. The molecule has 0 aromatic heterocycles. The van der Waals surface area contributed by atoms with Crippen LogP contribution in [0.4, 0.5) is 0 Å². The SMILES string of the molecule is CC(C)[C@@H]1NC(C(=O)NC(C)(C)C)COC1=O. The van der Waals surface area contributed by atoms with Crippen molar-refractivity contribution in [3.8, 4) is 0 Å². The fraction of sp³-hybridized carbons (Fsp3) is 0.833. The van der Waals surface area contributed by atoms with Crippen LogP contribution in [0.1, 0.15) is 34.6 Å². The standard InChI is InChI=1S/C12H22N2O3/c1-7(2)9-11(16)17-6-8(13-9)10(15)14-12(3,4)5/h7-9,13H,6H2,1-5H3,(H,14,15)/t8?,9-/m0/s1. The van der Waals surface area contributed by atoms with Gasteiger partial charge in [0.05, 0.1) is 0 Å². The molecule has 2 N–H and O–H groups in total. The van der Waals surface area contributed by atoms with Crippen molar-refractivity contribution in [3.63, 3.8) is 0 Å². The molecule has 1 aliphatic heterocycles. The summed E-state index contributed by atoms with van der Waals surface area (Å²) in [5, 5.41) is 5.91. The van der Waals surface area contributed by atoms with Gasteiger partial charge in [-0.2, -0.15) is 0 Å². The van der Waals surface area contributed by atoms with Crippen molar-refractivity contribution in [2.24, 2.45) is 5.92 Å². The molecule has 1 rings (SSSR count). The zero-order chi connectivity index (χ0) is 13.2. The lowest BCUT2D eigenvalue weighted by Gasteiger charge is -2.33. The maximum Gasteiger partial charge on any atom is 0.323 e. The minimum absolute atomic E-state index is 0.101. The van der Waals surface area contributed by atoms with Crippen molar-refractivity contribution >= 4 is 11.9 Å². The minimum atomic E-state index is -0.459. The smallest absolute Gasteiger partial charge is 0.323 e. The monoisotopic (exact) mass is 242 g/mol. The summed E-state index contributed by atoms with van der Waals surface area (Å²) in [6.45, 7) is 9.69. The predicted molar refractivity (Wildman–Crippen MR) is 64.4 cm³/mol. The van der Waals surface area contributed by atoms with Crippen molar-refractivity contribution in [1.29, 1.82) is 0 Å². The zero-order valence-electron chi connectivity index (χ0n) is 11.2. The highest BCUT2D eigenvalue weighted by molar-refractivity contribution is 5.86. The second-order valence-electron chi connectivity index (χ2n) is 5.81. The lowest BCUT2D eigenvalue weighted by atomic mass is 10.0. The maximum atomic E-state index is 11.9. The number of esters is 1. The van der Waals surface area contributed by atoms with Crippen LogP contribution in [-0.4, -0.2) is 36.1 Å². The number of nitrogens with one attached hydrogen (secondary N) is 2. The van der Waals surface area contributed by atoms with E-state index in [4.69, 9.17) is 4.74 Å². The lowest BCUT2D eigenvalue weighted by molar-refractivity contribution is -0.155. The van der Waals surface area contributed by atoms with Gasteiger partial charge in [0, 0.05) is 5.54 Å². The molecule has 17 heavy (non-hydrogen) atoms. The molecule has 0 bridgehead atoms. The Balaban J connectivity index is 2.62. The lowest BCUT2D eigenvalue weighted by Crippen LogP contribution is -2.61. The van der Waals surface area contributed by atoms with Crippen LogP contribution in [0.5, 0.6) is 0 Å². The Bertz CT molecular complexity index is 307. The third kappa shape index (κ3) is 4.00. The van der Waals surface area contributed by atoms with Crippen LogP contribution in [0.15, 0.2) is 0 Å². The normalized spacial score (nSPS) is 25.6. The van der Waals surface area contributed by atoms with Gasteiger partial charge in [0.2, 0.25) is 5.91 Å². The number of hydrogen-bond donors (Lipinski definition) is 2. The van der Waals surface area contributed by atoms with Crippen molar-refractivity contribution < 1.29 is 14.3 Å². The summed E-state index contributed by atoms with van der Waals surface area (Å²) in [5.41, 5.74) is -0.284. The Morgan fingerprint density at radius 1 is 1.47 bits per heavy atom. The number of hydrogen-bond acceptors (Lipinski definition) is 4. The highest BCUT2D eigenvalue weighted by atomic mass is 16.5. The first kappa shape index (κ1) is 14.0. The van der Waals surface area contributed by atoms with Crippen LogP contribution in [0.2, 0.25) is 0 Å². The first-order valence-electron chi connectivity index (χ1n) is 5.95. The van der Waals surface area contributed by atoms with Crippen molar-refractivity contribution in [2.75, 3.05) is 6.61 Å². The molecule has 5 nitrogen and oxygen atoms in total. The van der Waals surface area contributed by atoms with E-state index in [1.165, 1.54) is 0 Å². The highest BCUT2D eigenvalue weighted by Crippen LogP contribution is 2.11. The molecule has 0 saturated carbocycles. The summed E-state index contributed by atoms with van der Waals surface area (Å²) in [6, 6.07) is -0.862. The third-order valence-corrected chi connectivity index (χ3v) is 2.51. The number of rotatable bonds is 2. The highest BCUT2D eigenvalue weighted by Gasteiger charge is 2.35. The van der Waals surface area contributed by atoms with E-state index in [-0.39, 0.29) is 29.9 Å². The Morgan fingerprint density at radius 3 is 2.53 bits per heavy atom. The average molecular weight is 242 g/mol. The molecule has 5 heteroatoms. The van der Waals surface area contributed by atoms with Crippen molar-refractivity contribution in [1.82, 2.24) is 10.6 Å². The Morgan fingerprint density at radius 2 is 2.06 bits per heavy atom. The number of cyclic esters (lactones) is 1. The Hall–Kier alpha value is -1.10. The quantitative estimate of drug-likeness (QED) is 0.690. The van der Waals surface area contributed by atoms with E-state index in [2.05, 4.69) is 10.6 Å². The zero-order valence-corrected chi connectivity index (χ0v) is 11.2. The molecule has 1 aliphatic rings. The molecule has 0 radical (unpaired) electrons. The molecule has 1 fully saturated rings. The largest absolute Gasteiger partial charge is 0.462 e. The second kappa shape index (κ2) is 5.04. The van der Waals surface area contributed by atoms with Gasteiger partial charge in [-0.15, -0.1) is 0 Å². The molecule has 98 valence electrons. The summed E-state index contributed by atoms with van der Waals surface area (Å²) in [4.78, 5) is 23.4. The topological polar surface area (TPSA) is 67.4 Å². The van der Waals surface area contributed by atoms with E-state index in [1.807, 2.05) is 34.6 Å². The van der Waals surface area contributed by atoms with E-state index in [1.54, 1.807) is 0 Å². The summed E-state index contributed by atoms with van der Waals surface area (Å²) in [7, 11) is 0. The molecule has 1 unspecified atom stereocenters. The number of amides is 1. The summed E-state index contributed by atoms with van der Waals surface area (Å²) >= 11 is 0. The number of morpholine rings is 1. The summed E-state index contributed by atoms with van der Waals surface area (Å²) in [6.07, 6.45) is 0. The molecule has 0 spiro atoms. The Kier molecular flexibility index (Phi) is 4.14. The Labute approximate surface area is 102 Å². The van der Waals surface area contributed by atoms with E-state index in [0.29, 0.717) is 0 Å². The molecule has 0 aromatic carbocycles. The van der Waals surface area contributed by atoms with Crippen LogP contribution in [0.3, 0.4) is 0 Å². The maximum absolute atomic E-state index is 11.9. The number of carbonyl (C=O) groups is 2. The third-order valence-electron chi connectivity index (χ3n) is 2.51. The van der Waals surface area contributed by atoms with Crippen LogP contribution in [-0.2, 0) is 14.3 Å². The van der Waals surface area contributed by atoms with Gasteiger partial charge in [-0.05, 0) is 26.7 Å². The van der Waals surface area contributed by atoms with E-state index < -0.39 is 12.1 Å². The average Bonchev–Trinajstić information content (AvgIpc) is 2.14. The van der Waals surface area contributed by atoms with E-state index >= 15 is 0 Å². The predicted octanol–water partition coefficient (Wildman–Crippen LogP) is 0.441. The first-order chi connectivity index (χ1) is 7.70. The van der Waals surface area contributed by atoms with Gasteiger partial charge < -0.3 is 10.1 Å². The summed E-state index contributed by atoms with van der Waals surface area (Å²) in [5.74, 6) is -0.303. The minimum Gasteiger partial charge on any atom is -0.462 e. The van der Waals surface area contributed by atoms with Crippen LogP contribution in [0.25, 0.3) is 0 Å². The number of carbonyl (C=O) groups excluding carboxylic acids is 2. The van der Waals surface area contributed by atoms with Gasteiger partial charge in [0.25, 0.3) is 0 Å². The molecule has 0 aliphatic carbocycles. The van der Waals surface area contributed by atoms with Crippen molar-refractivity contribution in [3.05, 3.63) is 0 Å². The van der Waals surface area contributed by atoms with Gasteiger partial charge in [0.15, 0.2) is 0 Å². The molecule has 2 atom stereocenters. The van der Waals surface area contributed by atoms with Crippen LogP contribution < -0.4 is 10.6 Å². The van der Waals surface area contributed by atoms with Gasteiger partial charge >= 0.3 is 5.97 Å². The van der Waals surface area contributed by atoms with Gasteiger partial charge in [-0.3, -0.25) is 14.9 Å². The molecule has 1 saturated heterocycles.